The normalized spacial score (nSPS) is 16.2. The molecular formula is C14H17N. The molecule has 1 aliphatic carbocycles. The molecule has 0 amide bonds. The molecule has 1 heteroatoms. The van der Waals surface area contributed by atoms with Crippen LogP contribution in [0.3, 0.4) is 0 Å². The Hall–Kier alpha value is -1.37. The molecule has 1 aromatic heterocycles. The van der Waals surface area contributed by atoms with Crippen LogP contribution >= 0.6 is 0 Å². The van der Waals surface area contributed by atoms with Crippen LogP contribution in [-0.4, -0.2) is 4.98 Å². The predicted molar refractivity (Wildman–Crippen MR) is 64.4 cm³/mol. The van der Waals surface area contributed by atoms with Crippen LogP contribution in [0, 0.1) is 5.41 Å². The largest absolute Gasteiger partial charge is 0.264 e. The highest BCUT2D eigenvalue weighted by Crippen LogP contribution is 2.37. The molecule has 0 radical (unpaired) electrons. The van der Waals surface area contributed by atoms with E-state index in [9.17, 15) is 0 Å². The van der Waals surface area contributed by atoms with Gasteiger partial charge in [0.15, 0.2) is 0 Å². The van der Waals surface area contributed by atoms with Crippen molar-refractivity contribution in [2.45, 2.75) is 27.2 Å². The van der Waals surface area contributed by atoms with Gasteiger partial charge >= 0.3 is 0 Å². The van der Waals surface area contributed by atoms with Gasteiger partial charge in [0.25, 0.3) is 0 Å². The molecule has 78 valence electrons. The molecular weight excluding hydrogens is 182 g/mol. The molecule has 0 aromatic carbocycles. The van der Waals surface area contributed by atoms with Gasteiger partial charge in [-0.1, -0.05) is 44.6 Å². The second kappa shape index (κ2) is 3.65. The summed E-state index contributed by atoms with van der Waals surface area (Å²) in [5.74, 6) is 0. The van der Waals surface area contributed by atoms with E-state index in [1.807, 2.05) is 18.5 Å². The third kappa shape index (κ3) is 2.17. The molecule has 0 spiro atoms. The molecule has 1 aromatic rings. The Kier molecular flexibility index (Phi) is 2.47. The van der Waals surface area contributed by atoms with Crippen molar-refractivity contribution in [3.05, 3.63) is 47.8 Å². The summed E-state index contributed by atoms with van der Waals surface area (Å²) in [7, 11) is 0. The topological polar surface area (TPSA) is 12.9 Å². The quantitative estimate of drug-likeness (QED) is 0.669. The number of hydrogen-bond acceptors (Lipinski definition) is 1. The summed E-state index contributed by atoms with van der Waals surface area (Å²) in [6.45, 7) is 6.79. The van der Waals surface area contributed by atoms with E-state index in [2.05, 4.69) is 44.0 Å². The summed E-state index contributed by atoms with van der Waals surface area (Å²) >= 11 is 0. The molecule has 0 atom stereocenters. The minimum Gasteiger partial charge on any atom is -0.264 e. The lowest BCUT2D eigenvalue weighted by molar-refractivity contribution is 0.497. The molecule has 1 nitrogen and oxygen atoms in total. The lowest BCUT2D eigenvalue weighted by atomic mass is 9.84. The van der Waals surface area contributed by atoms with Crippen molar-refractivity contribution in [3.8, 4) is 0 Å². The summed E-state index contributed by atoms with van der Waals surface area (Å²) < 4.78 is 0. The Morgan fingerprint density at radius 2 is 2.00 bits per heavy atom. The van der Waals surface area contributed by atoms with E-state index < -0.39 is 0 Å². The van der Waals surface area contributed by atoms with Crippen LogP contribution in [0.1, 0.15) is 32.8 Å². The summed E-state index contributed by atoms with van der Waals surface area (Å²) in [4.78, 5) is 4.15. The van der Waals surface area contributed by atoms with Crippen LogP contribution in [0.2, 0.25) is 0 Å². The molecule has 2 rings (SSSR count). The number of allylic oxidation sites excluding steroid dienone is 4. The molecule has 0 saturated heterocycles. The Labute approximate surface area is 91.6 Å². The van der Waals surface area contributed by atoms with Gasteiger partial charge in [-0.2, -0.15) is 0 Å². The molecule has 0 saturated carbocycles. The van der Waals surface area contributed by atoms with Crippen LogP contribution in [0.25, 0.3) is 5.57 Å². The second-order valence-corrected chi connectivity index (χ2v) is 5.05. The first-order valence-electron chi connectivity index (χ1n) is 5.38. The van der Waals surface area contributed by atoms with Gasteiger partial charge in [0, 0.05) is 12.4 Å². The molecule has 1 aliphatic rings. The van der Waals surface area contributed by atoms with Gasteiger partial charge in [0.2, 0.25) is 0 Å². The molecule has 0 unspecified atom stereocenters. The van der Waals surface area contributed by atoms with E-state index in [0.717, 1.165) is 6.42 Å². The fourth-order valence-electron chi connectivity index (χ4n) is 1.79. The Balaban J connectivity index is 2.15. The highest BCUT2D eigenvalue weighted by Gasteiger charge is 2.21. The van der Waals surface area contributed by atoms with Gasteiger partial charge in [-0.3, -0.25) is 4.98 Å². The van der Waals surface area contributed by atoms with Crippen molar-refractivity contribution in [3.63, 3.8) is 0 Å². The van der Waals surface area contributed by atoms with Crippen molar-refractivity contribution in [1.29, 1.82) is 0 Å². The first-order chi connectivity index (χ1) is 7.07. The first kappa shape index (κ1) is 10.2. The van der Waals surface area contributed by atoms with Crippen molar-refractivity contribution in [1.82, 2.24) is 4.98 Å². The number of pyridine rings is 1. The molecule has 0 aliphatic heterocycles. The van der Waals surface area contributed by atoms with Crippen molar-refractivity contribution >= 4 is 5.57 Å². The lowest BCUT2D eigenvalue weighted by Crippen LogP contribution is -2.07. The zero-order valence-corrected chi connectivity index (χ0v) is 9.62. The van der Waals surface area contributed by atoms with Gasteiger partial charge in [-0.15, -0.1) is 0 Å². The molecule has 0 fully saturated rings. The van der Waals surface area contributed by atoms with E-state index in [1.165, 1.54) is 16.7 Å². The van der Waals surface area contributed by atoms with E-state index in [0.29, 0.717) is 0 Å². The predicted octanol–water partition coefficient (Wildman–Crippen LogP) is 3.84. The fraction of sp³-hybridized carbons (Fsp3) is 0.357. The average Bonchev–Trinajstić information content (AvgIpc) is 2.67. The van der Waals surface area contributed by atoms with Crippen molar-refractivity contribution in [2.24, 2.45) is 5.41 Å². The highest BCUT2D eigenvalue weighted by molar-refractivity contribution is 5.72. The minimum atomic E-state index is 0.278. The first-order valence-corrected chi connectivity index (χ1v) is 5.38. The standard InChI is InChI=1S/C14H17N/c1-14(2,3)13-7-6-11(9-13)12-5-4-8-15-10-12/h4-8,10H,9H2,1-3H3. The van der Waals surface area contributed by atoms with Gasteiger partial charge in [0.1, 0.15) is 0 Å². The third-order valence-corrected chi connectivity index (χ3v) is 2.86. The molecule has 0 bridgehead atoms. The summed E-state index contributed by atoms with van der Waals surface area (Å²) in [5.41, 5.74) is 4.41. The van der Waals surface area contributed by atoms with E-state index in [4.69, 9.17) is 0 Å². The van der Waals surface area contributed by atoms with Crippen molar-refractivity contribution in [2.75, 3.05) is 0 Å². The zero-order valence-electron chi connectivity index (χ0n) is 9.62. The zero-order chi connectivity index (χ0) is 10.9. The summed E-state index contributed by atoms with van der Waals surface area (Å²) in [6, 6.07) is 4.11. The highest BCUT2D eigenvalue weighted by atomic mass is 14.6. The molecule has 0 N–H and O–H groups in total. The molecule has 1 heterocycles. The smallest absolute Gasteiger partial charge is 0.0343 e. The minimum absolute atomic E-state index is 0.278. The van der Waals surface area contributed by atoms with Crippen LogP contribution in [0.5, 0.6) is 0 Å². The SMILES string of the molecule is CC(C)(C)C1=CC=C(c2cccnc2)C1. The van der Waals surface area contributed by atoms with Gasteiger partial charge < -0.3 is 0 Å². The second-order valence-electron chi connectivity index (χ2n) is 5.05. The Morgan fingerprint density at radius 3 is 2.53 bits per heavy atom. The maximum absolute atomic E-state index is 4.15. The summed E-state index contributed by atoms with van der Waals surface area (Å²) in [5, 5.41) is 0. The van der Waals surface area contributed by atoms with Crippen LogP contribution in [0.4, 0.5) is 0 Å². The van der Waals surface area contributed by atoms with Crippen LogP contribution in [0.15, 0.2) is 42.3 Å². The Bertz CT molecular complexity index is 405. The third-order valence-electron chi connectivity index (χ3n) is 2.86. The van der Waals surface area contributed by atoms with Gasteiger partial charge in [-0.25, -0.2) is 0 Å². The van der Waals surface area contributed by atoms with Gasteiger partial charge in [-0.05, 0) is 29.0 Å². The van der Waals surface area contributed by atoms with Gasteiger partial charge in [0.05, 0.1) is 0 Å². The molecule has 15 heavy (non-hydrogen) atoms. The monoisotopic (exact) mass is 199 g/mol. The maximum atomic E-state index is 4.15. The number of hydrogen-bond donors (Lipinski definition) is 0. The maximum Gasteiger partial charge on any atom is 0.0343 e. The Morgan fingerprint density at radius 1 is 1.20 bits per heavy atom. The number of aromatic nitrogens is 1. The average molecular weight is 199 g/mol. The number of rotatable bonds is 1. The fourth-order valence-corrected chi connectivity index (χ4v) is 1.79. The van der Waals surface area contributed by atoms with E-state index >= 15 is 0 Å². The van der Waals surface area contributed by atoms with Crippen LogP contribution in [-0.2, 0) is 0 Å². The van der Waals surface area contributed by atoms with Crippen LogP contribution < -0.4 is 0 Å². The lowest BCUT2D eigenvalue weighted by Gasteiger charge is -2.21. The van der Waals surface area contributed by atoms with E-state index in [-0.39, 0.29) is 5.41 Å². The number of nitrogens with zero attached hydrogens (tertiary/aromatic N) is 1. The van der Waals surface area contributed by atoms with Crippen molar-refractivity contribution < 1.29 is 0 Å². The van der Waals surface area contributed by atoms with E-state index in [1.54, 1.807) is 0 Å². The summed E-state index contributed by atoms with van der Waals surface area (Å²) in [6.07, 6.45) is 9.29.